The second kappa shape index (κ2) is 10.5. The lowest BCUT2D eigenvalue weighted by Gasteiger charge is -2.07. The zero-order valence-electron chi connectivity index (χ0n) is 13.7. The summed E-state index contributed by atoms with van der Waals surface area (Å²) in [5.41, 5.74) is -0.274. The predicted octanol–water partition coefficient (Wildman–Crippen LogP) is 4.02. The van der Waals surface area contributed by atoms with Crippen LogP contribution in [-0.4, -0.2) is 35.1 Å². The van der Waals surface area contributed by atoms with Gasteiger partial charge in [-0.05, 0) is 12.1 Å². The van der Waals surface area contributed by atoms with Crippen molar-refractivity contribution in [1.82, 2.24) is 10.3 Å². The van der Waals surface area contributed by atoms with Gasteiger partial charge in [-0.3, -0.25) is 14.9 Å². The van der Waals surface area contributed by atoms with Crippen LogP contribution >= 0.6 is 46.6 Å². The van der Waals surface area contributed by atoms with Crippen molar-refractivity contribution in [2.24, 2.45) is 0 Å². The molecule has 0 radical (unpaired) electrons. The van der Waals surface area contributed by atoms with Gasteiger partial charge in [0.15, 0.2) is 12.3 Å². The summed E-state index contributed by atoms with van der Waals surface area (Å²) in [6.45, 7) is -0.658. The van der Waals surface area contributed by atoms with Gasteiger partial charge in [0.25, 0.3) is 5.91 Å². The number of thioether (sulfide) groups is 1. The summed E-state index contributed by atoms with van der Waals surface area (Å²) >= 11 is 18.9. The number of amides is 2. The minimum atomic E-state index is -0.958. The molecule has 0 unspecified atom stereocenters. The molecule has 0 aliphatic carbocycles. The average molecular weight is 448 g/mol. The first kappa shape index (κ1) is 21.5. The lowest BCUT2D eigenvalue weighted by Crippen LogP contribution is -2.34. The van der Waals surface area contributed by atoms with Crippen LogP contribution in [0.25, 0.3) is 0 Å². The fourth-order valence-electron chi connectivity index (χ4n) is 1.82. The molecule has 10 heteroatoms. The molecule has 6 nitrogen and oxygen atoms in total. The first-order valence-corrected chi connectivity index (χ1v) is 9.67. The van der Waals surface area contributed by atoms with E-state index in [1.54, 1.807) is 0 Å². The van der Waals surface area contributed by atoms with Gasteiger partial charge in [-0.2, -0.15) is 0 Å². The fourth-order valence-corrected chi connectivity index (χ4v) is 3.25. The van der Waals surface area contributed by atoms with Gasteiger partial charge >= 0.3 is 5.97 Å². The van der Waals surface area contributed by atoms with Crippen LogP contribution < -0.4 is 5.32 Å². The molecule has 0 aliphatic rings. The molecule has 1 aromatic carbocycles. The number of carbonyl (C=O) groups excluding carboxylic acids is 3. The minimum Gasteiger partial charge on any atom is -0.451 e. The Kier molecular flexibility index (Phi) is 8.37. The molecular weight excluding hydrogens is 435 g/mol. The molecule has 1 N–H and O–H groups in total. The van der Waals surface area contributed by atoms with E-state index in [1.165, 1.54) is 11.8 Å². The van der Waals surface area contributed by atoms with Crippen molar-refractivity contribution in [3.05, 3.63) is 57.3 Å². The molecule has 2 rings (SSSR count). The van der Waals surface area contributed by atoms with E-state index in [0.717, 1.165) is 11.1 Å². The van der Waals surface area contributed by atoms with Crippen LogP contribution in [0.15, 0.2) is 41.4 Å². The SMILES string of the molecule is O=C(CCSc1ccccc1)NC(=O)COC(=O)c1ncc(Cl)c(Cl)c1Cl. The highest BCUT2D eigenvalue weighted by Crippen LogP contribution is 2.31. The summed E-state index contributed by atoms with van der Waals surface area (Å²) in [4.78, 5) is 40.1. The molecule has 1 aromatic heterocycles. The van der Waals surface area contributed by atoms with Gasteiger partial charge in [0.2, 0.25) is 5.91 Å². The third kappa shape index (κ3) is 6.70. The van der Waals surface area contributed by atoms with E-state index in [4.69, 9.17) is 39.5 Å². The quantitative estimate of drug-likeness (QED) is 0.509. The Labute approximate surface area is 174 Å². The maximum absolute atomic E-state index is 11.9. The molecule has 0 atom stereocenters. The van der Waals surface area contributed by atoms with Crippen molar-refractivity contribution in [3.63, 3.8) is 0 Å². The van der Waals surface area contributed by atoms with Crippen molar-refractivity contribution in [3.8, 4) is 0 Å². The van der Waals surface area contributed by atoms with Crippen molar-refractivity contribution in [1.29, 1.82) is 0 Å². The number of imide groups is 1. The average Bonchev–Trinajstić information content (AvgIpc) is 2.65. The zero-order valence-corrected chi connectivity index (χ0v) is 16.8. The highest BCUT2D eigenvalue weighted by Gasteiger charge is 2.19. The fraction of sp³-hybridized carbons (Fsp3) is 0.176. The van der Waals surface area contributed by atoms with E-state index in [1.807, 2.05) is 30.3 Å². The summed E-state index contributed by atoms with van der Waals surface area (Å²) < 4.78 is 4.78. The minimum absolute atomic E-state index is 0.0455. The number of carbonyl (C=O) groups is 3. The van der Waals surface area contributed by atoms with Gasteiger partial charge in [-0.1, -0.05) is 53.0 Å². The third-order valence-corrected chi connectivity index (χ3v) is 5.32. The van der Waals surface area contributed by atoms with E-state index < -0.39 is 24.4 Å². The first-order chi connectivity index (χ1) is 12.9. The van der Waals surface area contributed by atoms with Crippen molar-refractivity contribution >= 4 is 64.3 Å². The molecule has 1 heterocycles. The highest BCUT2D eigenvalue weighted by atomic mass is 35.5. The Bertz CT molecular complexity index is 850. The summed E-state index contributed by atoms with van der Waals surface area (Å²) in [5, 5.41) is 2.00. The van der Waals surface area contributed by atoms with E-state index in [0.29, 0.717) is 5.75 Å². The number of hydrogen-bond acceptors (Lipinski definition) is 6. The molecule has 0 bridgehead atoms. The first-order valence-electron chi connectivity index (χ1n) is 7.55. The molecule has 0 saturated heterocycles. The number of nitrogens with zero attached hydrogens (tertiary/aromatic N) is 1. The van der Waals surface area contributed by atoms with Crippen LogP contribution in [0.2, 0.25) is 15.1 Å². The Hall–Kier alpha value is -1.80. The van der Waals surface area contributed by atoms with E-state index >= 15 is 0 Å². The lowest BCUT2D eigenvalue weighted by atomic mass is 10.3. The van der Waals surface area contributed by atoms with Gasteiger partial charge in [-0.25, -0.2) is 9.78 Å². The van der Waals surface area contributed by atoms with Crippen LogP contribution in [0.3, 0.4) is 0 Å². The number of pyridine rings is 1. The number of ether oxygens (including phenoxy) is 1. The maximum atomic E-state index is 11.9. The van der Waals surface area contributed by atoms with Gasteiger partial charge in [0, 0.05) is 23.3 Å². The Morgan fingerprint density at radius 1 is 1.04 bits per heavy atom. The maximum Gasteiger partial charge on any atom is 0.359 e. The van der Waals surface area contributed by atoms with E-state index in [2.05, 4.69) is 10.3 Å². The number of benzene rings is 1. The van der Waals surface area contributed by atoms with Crippen LogP contribution in [0.1, 0.15) is 16.9 Å². The molecule has 2 aromatic rings. The summed E-state index contributed by atoms with van der Waals surface area (Å²) in [6, 6.07) is 9.55. The Morgan fingerprint density at radius 3 is 2.44 bits per heavy atom. The predicted molar refractivity (Wildman–Crippen MR) is 104 cm³/mol. The van der Waals surface area contributed by atoms with Crippen LogP contribution in [-0.2, 0) is 14.3 Å². The molecular formula is C17H13Cl3N2O4S. The summed E-state index contributed by atoms with van der Waals surface area (Å²) in [7, 11) is 0. The molecule has 0 fully saturated rings. The van der Waals surface area contributed by atoms with Crippen LogP contribution in [0, 0.1) is 0 Å². The summed E-state index contributed by atoms with van der Waals surface area (Å²) in [5.74, 6) is -1.67. The number of rotatable bonds is 7. The number of halogens is 3. The standard InChI is InChI=1S/C17H13Cl3N2O4S/c18-11-8-21-16(15(20)14(11)19)17(25)26-9-13(24)22-12(23)6-7-27-10-4-2-1-3-5-10/h1-5,8H,6-7,9H2,(H,22,23,24). The molecule has 0 spiro atoms. The number of hydrogen-bond donors (Lipinski definition) is 1. The molecule has 2 amide bonds. The zero-order chi connectivity index (χ0) is 19.8. The molecule has 142 valence electrons. The molecule has 0 aliphatic heterocycles. The third-order valence-electron chi connectivity index (χ3n) is 3.06. The molecule has 0 saturated carbocycles. The number of nitrogens with one attached hydrogen (secondary N) is 1. The number of aromatic nitrogens is 1. The smallest absolute Gasteiger partial charge is 0.359 e. The van der Waals surface area contributed by atoms with Crippen molar-refractivity contribution in [2.45, 2.75) is 11.3 Å². The van der Waals surface area contributed by atoms with Gasteiger partial charge in [0.1, 0.15) is 0 Å². The number of esters is 1. The Morgan fingerprint density at radius 2 is 1.74 bits per heavy atom. The lowest BCUT2D eigenvalue weighted by molar-refractivity contribution is -0.132. The Balaban J connectivity index is 1.74. The highest BCUT2D eigenvalue weighted by molar-refractivity contribution is 7.99. The van der Waals surface area contributed by atoms with Gasteiger partial charge < -0.3 is 4.74 Å². The molecule has 27 heavy (non-hydrogen) atoms. The van der Waals surface area contributed by atoms with Crippen LogP contribution in [0.4, 0.5) is 0 Å². The van der Waals surface area contributed by atoms with Crippen LogP contribution in [0.5, 0.6) is 0 Å². The summed E-state index contributed by atoms with van der Waals surface area (Å²) in [6.07, 6.45) is 1.28. The second-order valence-electron chi connectivity index (χ2n) is 5.04. The monoisotopic (exact) mass is 446 g/mol. The topological polar surface area (TPSA) is 85.4 Å². The normalized spacial score (nSPS) is 10.3. The van der Waals surface area contributed by atoms with E-state index in [9.17, 15) is 14.4 Å². The van der Waals surface area contributed by atoms with Gasteiger partial charge in [-0.15, -0.1) is 11.8 Å². The van der Waals surface area contributed by atoms with Crippen molar-refractivity contribution < 1.29 is 19.1 Å². The van der Waals surface area contributed by atoms with E-state index in [-0.39, 0.29) is 27.2 Å². The second-order valence-corrected chi connectivity index (χ2v) is 7.37. The largest absolute Gasteiger partial charge is 0.451 e. The van der Waals surface area contributed by atoms with Gasteiger partial charge in [0.05, 0.1) is 15.1 Å². The van der Waals surface area contributed by atoms with Crippen molar-refractivity contribution in [2.75, 3.05) is 12.4 Å².